The van der Waals surface area contributed by atoms with E-state index < -0.39 is 23.4 Å². The van der Waals surface area contributed by atoms with E-state index in [0.29, 0.717) is 19.4 Å². The van der Waals surface area contributed by atoms with E-state index in [2.05, 4.69) is 24.3 Å². The Morgan fingerprint density at radius 2 is 1.07 bits per heavy atom. The molecule has 0 aliphatic carbocycles. The summed E-state index contributed by atoms with van der Waals surface area (Å²) >= 11 is 0. The van der Waals surface area contributed by atoms with Crippen LogP contribution in [0, 0.1) is 0 Å². The number of amides is 2. The largest absolute Gasteiger partial charge is 0.464 e. The molecular weight excluding hydrogens is 688 g/mol. The van der Waals surface area contributed by atoms with Crippen molar-refractivity contribution in [3.05, 3.63) is 60.2 Å². The predicted octanol–water partition coefficient (Wildman–Crippen LogP) is 9.31. The van der Waals surface area contributed by atoms with Gasteiger partial charge in [-0.25, -0.2) is 9.59 Å². The van der Waals surface area contributed by atoms with Crippen molar-refractivity contribution in [2.45, 2.75) is 162 Å². The van der Waals surface area contributed by atoms with Gasteiger partial charge in [-0.3, -0.25) is 9.59 Å². The second-order valence-corrected chi connectivity index (χ2v) is 15.7. The smallest absolute Gasteiger partial charge is 0.410 e. The van der Waals surface area contributed by atoms with Crippen LogP contribution in [-0.4, -0.2) is 88.6 Å². The summed E-state index contributed by atoms with van der Waals surface area (Å²) in [5.41, 5.74) is -0.261. The van der Waals surface area contributed by atoms with Crippen LogP contribution in [0.25, 0.3) is 0 Å². The van der Waals surface area contributed by atoms with Gasteiger partial charge in [0.15, 0.2) is 0 Å². The van der Waals surface area contributed by atoms with E-state index >= 15 is 0 Å². The van der Waals surface area contributed by atoms with Gasteiger partial charge in [0, 0.05) is 31.5 Å². The molecule has 0 heterocycles. The van der Waals surface area contributed by atoms with Crippen LogP contribution in [-0.2, 0) is 35.1 Å². The predicted molar refractivity (Wildman–Crippen MR) is 213 cm³/mol. The molecule has 306 valence electrons. The molecule has 1 aromatic rings. The van der Waals surface area contributed by atoms with Crippen molar-refractivity contribution in [3.63, 3.8) is 0 Å². The van der Waals surface area contributed by atoms with Crippen molar-refractivity contribution in [1.29, 1.82) is 0 Å². The molecule has 2 atom stereocenters. The van der Waals surface area contributed by atoms with Crippen LogP contribution in [0.2, 0.25) is 0 Å². The second kappa shape index (κ2) is 26.8. The molecular formula is C43H70N2O9. The highest BCUT2D eigenvalue weighted by Crippen LogP contribution is 2.17. The van der Waals surface area contributed by atoms with Crippen molar-refractivity contribution in [1.82, 2.24) is 9.80 Å². The highest BCUT2D eigenvalue weighted by molar-refractivity contribution is 5.70. The molecule has 0 saturated heterocycles. The van der Waals surface area contributed by atoms with Crippen LogP contribution in [0.15, 0.2) is 54.6 Å². The minimum Gasteiger partial charge on any atom is -0.464 e. The van der Waals surface area contributed by atoms with Gasteiger partial charge in [0.2, 0.25) is 0 Å². The fraction of sp³-hybridized carbons (Fsp3) is 0.674. The zero-order valence-electron chi connectivity index (χ0n) is 34.5. The van der Waals surface area contributed by atoms with Crippen LogP contribution in [0.4, 0.5) is 9.59 Å². The molecule has 1 aromatic carbocycles. The molecule has 0 radical (unpaired) electrons. The summed E-state index contributed by atoms with van der Waals surface area (Å²) in [6.07, 6.45) is 16.1. The molecule has 0 aliphatic rings. The molecule has 0 unspecified atom stereocenters. The van der Waals surface area contributed by atoms with Crippen molar-refractivity contribution in [2.75, 3.05) is 26.3 Å². The van der Waals surface area contributed by atoms with Gasteiger partial charge >= 0.3 is 24.1 Å². The first-order chi connectivity index (χ1) is 25.5. The molecule has 0 aliphatic heterocycles. The van der Waals surface area contributed by atoms with Crippen LogP contribution in [0.1, 0.15) is 138 Å². The van der Waals surface area contributed by atoms with E-state index in [4.69, 9.17) is 18.9 Å². The molecule has 0 saturated carbocycles. The zero-order chi connectivity index (χ0) is 40.4. The summed E-state index contributed by atoms with van der Waals surface area (Å²) in [5, 5.41) is 9.39. The number of nitrogens with zero attached hydrogens (tertiary/aromatic N) is 2. The number of benzene rings is 1. The molecule has 1 rings (SSSR count). The maximum Gasteiger partial charge on any atom is 0.410 e. The monoisotopic (exact) mass is 759 g/mol. The number of rotatable bonds is 25. The third-order valence-electron chi connectivity index (χ3n) is 8.32. The first kappa shape index (κ1) is 48.2. The van der Waals surface area contributed by atoms with E-state index in [0.717, 1.165) is 63.4 Å². The van der Waals surface area contributed by atoms with E-state index in [1.807, 2.05) is 85.7 Å². The Labute approximate surface area is 325 Å². The summed E-state index contributed by atoms with van der Waals surface area (Å²) in [7, 11) is 0. The van der Waals surface area contributed by atoms with E-state index in [9.17, 15) is 24.3 Å². The average Bonchev–Trinajstić information content (AvgIpc) is 3.09. The SMILES string of the molecule is C[C@@H](CCC/C=C\CCCC(=O)OCCN(C(=O)OC(C)(C)C)[C@@H](C)CCC/C=C\CCCC(=O)OCc1ccccc1)N(CCO)C(=O)OC(C)(C)C. The Bertz CT molecular complexity index is 1270. The standard InChI is InChI=1S/C43H70N2O9/c1-35(44(30-32-46)40(49)53-42(3,4)5)24-18-13-9-11-15-22-28-38(47)51-33-31-45(41(50)54-43(6,7)8)36(2)25-19-14-10-12-16-23-29-39(48)52-34-37-26-20-17-21-27-37/h9-12,17,20-21,26-27,35-36,46H,13-16,18-19,22-25,28-34H2,1-8H3/b11-9-,12-10-/t35-,36-/m0/s1. The van der Waals surface area contributed by atoms with Gasteiger partial charge in [0.1, 0.15) is 24.4 Å². The molecule has 54 heavy (non-hydrogen) atoms. The molecule has 1 N–H and O–H groups in total. The number of hydrogen-bond donors (Lipinski definition) is 1. The number of carbonyl (C=O) groups is 4. The molecule has 0 bridgehead atoms. The van der Waals surface area contributed by atoms with E-state index in [1.165, 1.54) is 0 Å². The third kappa shape index (κ3) is 24.5. The number of allylic oxidation sites excluding steroid dienone is 4. The Morgan fingerprint density at radius 3 is 1.52 bits per heavy atom. The van der Waals surface area contributed by atoms with E-state index in [1.54, 1.807) is 9.80 Å². The number of hydrogen-bond acceptors (Lipinski definition) is 9. The highest BCUT2D eigenvalue weighted by Gasteiger charge is 2.27. The normalized spacial score (nSPS) is 13.1. The van der Waals surface area contributed by atoms with Crippen LogP contribution < -0.4 is 0 Å². The van der Waals surface area contributed by atoms with Crippen molar-refractivity contribution < 1.29 is 43.2 Å². The Morgan fingerprint density at radius 1 is 0.648 bits per heavy atom. The molecule has 11 nitrogen and oxygen atoms in total. The van der Waals surface area contributed by atoms with Gasteiger partial charge in [-0.1, -0.05) is 54.6 Å². The first-order valence-electron chi connectivity index (χ1n) is 19.8. The summed E-state index contributed by atoms with van der Waals surface area (Å²) < 4.78 is 21.9. The van der Waals surface area contributed by atoms with Gasteiger partial charge in [-0.15, -0.1) is 0 Å². The topological polar surface area (TPSA) is 132 Å². The number of carbonyl (C=O) groups excluding carboxylic acids is 4. The van der Waals surface area contributed by atoms with Gasteiger partial charge < -0.3 is 33.9 Å². The van der Waals surface area contributed by atoms with Crippen molar-refractivity contribution in [3.8, 4) is 0 Å². The minimum absolute atomic E-state index is 0.0566. The number of esters is 2. The quantitative estimate of drug-likeness (QED) is 0.0449. The second-order valence-electron chi connectivity index (χ2n) is 15.7. The van der Waals surface area contributed by atoms with Crippen molar-refractivity contribution in [2.24, 2.45) is 0 Å². The van der Waals surface area contributed by atoms with Gasteiger partial charge in [-0.05, 0) is 125 Å². The lowest BCUT2D eigenvalue weighted by molar-refractivity contribution is -0.145. The molecule has 0 fully saturated rings. The zero-order valence-corrected chi connectivity index (χ0v) is 34.5. The van der Waals surface area contributed by atoms with Crippen LogP contribution in [0.5, 0.6) is 0 Å². The average molecular weight is 759 g/mol. The van der Waals surface area contributed by atoms with Gasteiger partial charge in [0.05, 0.1) is 13.2 Å². The molecule has 0 spiro atoms. The van der Waals surface area contributed by atoms with Crippen LogP contribution >= 0.6 is 0 Å². The minimum atomic E-state index is -0.644. The molecule has 2 amide bonds. The molecule has 0 aromatic heterocycles. The van der Waals surface area contributed by atoms with Gasteiger partial charge in [-0.2, -0.15) is 0 Å². The van der Waals surface area contributed by atoms with Crippen molar-refractivity contribution >= 4 is 24.1 Å². The van der Waals surface area contributed by atoms with Crippen LogP contribution in [0.3, 0.4) is 0 Å². The summed E-state index contributed by atoms with van der Waals surface area (Å²) in [4.78, 5) is 53.2. The molecule has 11 heteroatoms. The van der Waals surface area contributed by atoms with Gasteiger partial charge in [0.25, 0.3) is 0 Å². The number of ether oxygens (including phenoxy) is 4. The number of aliphatic hydroxyl groups excluding tert-OH is 1. The fourth-order valence-corrected chi connectivity index (χ4v) is 5.45. The Hall–Kier alpha value is -3.86. The maximum absolute atomic E-state index is 13.0. The Balaban J connectivity index is 2.35. The maximum atomic E-state index is 13.0. The van der Waals surface area contributed by atoms with E-state index in [-0.39, 0.29) is 56.7 Å². The number of aliphatic hydroxyl groups is 1. The lowest BCUT2D eigenvalue weighted by atomic mass is 10.1. The summed E-state index contributed by atoms with van der Waals surface area (Å²) in [6, 6.07) is 9.48. The first-order valence-corrected chi connectivity index (χ1v) is 19.8. The Kier molecular flexibility index (Phi) is 23.9. The highest BCUT2D eigenvalue weighted by atomic mass is 16.6. The lowest BCUT2D eigenvalue weighted by Gasteiger charge is -2.31. The number of unbranched alkanes of at least 4 members (excludes halogenated alkanes) is 4. The third-order valence-corrected chi connectivity index (χ3v) is 8.32. The summed E-state index contributed by atoms with van der Waals surface area (Å²) in [6.45, 7) is 15.7. The summed E-state index contributed by atoms with van der Waals surface area (Å²) in [5.74, 6) is -0.489. The lowest BCUT2D eigenvalue weighted by Crippen LogP contribution is -2.44. The fourth-order valence-electron chi connectivity index (χ4n) is 5.45.